The predicted octanol–water partition coefficient (Wildman–Crippen LogP) is 3.46. The summed E-state index contributed by atoms with van der Waals surface area (Å²) in [6.07, 6.45) is 4.89. The van der Waals surface area contributed by atoms with Crippen LogP contribution in [-0.4, -0.2) is 31.3 Å². The number of nitrogens with zero attached hydrogens (tertiary/aromatic N) is 1. The molecule has 1 aromatic heterocycles. The van der Waals surface area contributed by atoms with Crippen molar-refractivity contribution in [3.8, 4) is 11.3 Å². The van der Waals surface area contributed by atoms with Crippen LogP contribution in [0.2, 0.25) is 0 Å². The summed E-state index contributed by atoms with van der Waals surface area (Å²) in [4.78, 5) is 16.2. The molecular formula is C17H21N3O2S. The quantitative estimate of drug-likeness (QED) is 0.825. The first-order valence-electron chi connectivity index (χ1n) is 7.88. The molecule has 6 heteroatoms. The second-order valence-corrected chi connectivity index (χ2v) is 6.46. The van der Waals surface area contributed by atoms with Gasteiger partial charge in [0.2, 0.25) is 0 Å². The number of amides is 2. The summed E-state index contributed by atoms with van der Waals surface area (Å²) < 4.78 is 4.89. The first-order chi connectivity index (χ1) is 11.3. The van der Waals surface area contributed by atoms with Crippen LogP contribution >= 0.6 is 11.3 Å². The van der Waals surface area contributed by atoms with Crippen molar-refractivity contribution in [1.29, 1.82) is 0 Å². The van der Waals surface area contributed by atoms with Crippen LogP contribution in [0.15, 0.2) is 23.6 Å². The Morgan fingerprint density at radius 2 is 2.13 bits per heavy atom. The van der Waals surface area contributed by atoms with Crippen molar-refractivity contribution in [2.24, 2.45) is 0 Å². The second kappa shape index (κ2) is 7.57. The zero-order chi connectivity index (χ0) is 16.1. The Labute approximate surface area is 140 Å². The highest BCUT2D eigenvalue weighted by atomic mass is 32.1. The lowest BCUT2D eigenvalue weighted by molar-refractivity contribution is 0.198. The molecule has 5 nitrogen and oxygen atoms in total. The molecule has 0 saturated carbocycles. The third-order valence-electron chi connectivity index (χ3n) is 3.96. The van der Waals surface area contributed by atoms with Gasteiger partial charge in [0.25, 0.3) is 0 Å². The number of fused-ring (bicyclic) bond motifs is 1. The van der Waals surface area contributed by atoms with Gasteiger partial charge in [-0.15, -0.1) is 11.3 Å². The van der Waals surface area contributed by atoms with E-state index in [1.807, 2.05) is 5.38 Å². The van der Waals surface area contributed by atoms with E-state index in [1.165, 1.54) is 41.7 Å². The van der Waals surface area contributed by atoms with E-state index in [0.717, 1.165) is 17.7 Å². The van der Waals surface area contributed by atoms with E-state index in [9.17, 15) is 4.79 Å². The van der Waals surface area contributed by atoms with Crippen LogP contribution in [0, 0.1) is 0 Å². The molecule has 0 radical (unpaired) electrons. The first kappa shape index (κ1) is 16.0. The van der Waals surface area contributed by atoms with Crippen LogP contribution in [0.5, 0.6) is 0 Å². The summed E-state index contributed by atoms with van der Waals surface area (Å²) in [5, 5.41) is 8.05. The molecule has 1 heterocycles. The fourth-order valence-electron chi connectivity index (χ4n) is 2.76. The number of urea groups is 1. The van der Waals surface area contributed by atoms with Crippen molar-refractivity contribution in [3.63, 3.8) is 0 Å². The van der Waals surface area contributed by atoms with Gasteiger partial charge in [-0.05, 0) is 42.9 Å². The number of anilines is 1. The standard InChI is InChI=1S/C17H21N3O2S/c1-22-9-8-18-16(21)20-17-19-15(11-23-17)14-7-6-12-4-2-3-5-13(12)10-14/h6-7,10-11H,2-5,8-9H2,1H3,(H2,18,19,20,21). The van der Waals surface area contributed by atoms with Crippen molar-refractivity contribution in [2.75, 3.05) is 25.6 Å². The summed E-state index contributed by atoms with van der Waals surface area (Å²) in [5.41, 5.74) is 4.94. The van der Waals surface area contributed by atoms with Crippen molar-refractivity contribution in [2.45, 2.75) is 25.7 Å². The highest BCUT2D eigenvalue weighted by Gasteiger charge is 2.12. The van der Waals surface area contributed by atoms with Gasteiger partial charge in [-0.2, -0.15) is 0 Å². The lowest BCUT2D eigenvalue weighted by atomic mass is 9.90. The molecule has 1 aliphatic carbocycles. The van der Waals surface area contributed by atoms with E-state index < -0.39 is 0 Å². The van der Waals surface area contributed by atoms with Crippen LogP contribution in [-0.2, 0) is 17.6 Å². The van der Waals surface area contributed by atoms with E-state index in [-0.39, 0.29) is 6.03 Å². The van der Waals surface area contributed by atoms with Crippen molar-refractivity contribution < 1.29 is 9.53 Å². The molecule has 0 saturated heterocycles. The summed E-state index contributed by atoms with van der Waals surface area (Å²) in [6.45, 7) is 0.969. The van der Waals surface area contributed by atoms with Crippen LogP contribution in [0.25, 0.3) is 11.3 Å². The Hall–Kier alpha value is -1.92. The molecule has 23 heavy (non-hydrogen) atoms. The minimum atomic E-state index is -0.256. The molecule has 2 N–H and O–H groups in total. The van der Waals surface area contributed by atoms with Crippen molar-refractivity contribution in [1.82, 2.24) is 10.3 Å². The molecule has 0 bridgehead atoms. The number of carbonyl (C=O) groups is 1. The molecule has 2 aromatic rings. The number of benzene rings is 1. The zero-order valence-corrected chi connectivity index (χ0v) is 14.0. The normalized spacial score (nSPS) is 13.4. The van der Waals surface area contributed by atoms with E-state index in [1.54, 1.807) is 7.11 Å². The maximum absolute atomic E-state index is 11.7. The van der Waals surface area contributed by atoms with Gasteiger partial charge >= 0.3 is 6.03 Å². The number of aryl methyl sites for hydroxylation is 2. The third-order valence-corrected chi connectivity index (χ3v) is 4.72. The number of nitrogens with one attached hydrogen (secondary N) is 2. The average molecular weight is 331 g/mol. The SMILES string of the molecule is COCCNC(=O)Nc1nc(-c2ccc3c(c2)CCCC3)cs1. The van der Waals surface area contributed by atoms with Crippen molar-refractivity contribution in [3.05, 3.63) is 34.7 Å². The summed E-state index contributed by atoms with van der Waals surface area (Å²) >= 11 is 1.44. The molecule has 122 valence electrons. The largest absolute Gasteiger partial charge is 0.383 e. The molecule has 0 aliphatic heterocycles. The summed E-state index contributed by atoms with van der Waals surface area (Å²) in [6, 6.07) is 6.33. The zero-order valence-electron chi connectivity index (χ0n) is 13.2. The fourth-order valence-corrected chi connectivity index (χ4v) is 3.48. The van der Waals surface area contributed by atoms with Crippen LogP contribution in [0.4, 0.5) is 9.93 Å². The summed E-state index contributed by atoms with van der Waals surface area (Å²) in [7, 11) is 1.60. The number of thiazole rings is 1. The lowest BCUT2D eigenvalue weighted by Gasteiger charge is -2.16. The first-order valence-corrected chi connectivity index (χ1v) is 8.76. The number of hydrogen-bond acceptors (Lipinski definition) is 4. The highest BCUT2D eigenvalue weighted by Crippen LogP contribution is 2.29. The highest BCUT2D eigenvalue weighted by molar-refractivity contribution is 7.14. The number of hydrogen-bond donors (Lipinski definition) is 2. The van der Waals surface area contributed by atoms with Crippen LogP contribution < -0.4 is 10.6 Å². The molecule has 0 atom stereocenters. The lowest BCUT2D eigenvalue weighted by Crippen LogP contribution is -2.31. The summed E-state index contributed by atoms with van der Waals surface area (Å²) in [5.74, 6) is 0. The Morgan fingerprint density at radius 1 is 1.30 bits per heavy atom. The van der Waals surface area contributed by atoms with Crippen LogP contribution in [0.3, 0.4) is 0 Å². The maximum atomic E-state index is 11.7. The topological polar surface area (TPSA) is 63.2 Å². The third kappa shape index (κ3) is 4.09. The number of rotatable bonds is 5. The number of aromatic nitrogens is 1. The van der Waals surface area contributed by atoms with Gasteiger partial charge in [0.05, 0.1) is 12.3 Å². The molecule has 0 spiro atoms. The van der Waals surface area contributed by atoms with Gasteiger partial charge in [0, 0.05) is 24.6 Å². The number of carbonyl (C=O) groups excluding carboxylic acids is 1. The molecule has 2 amide bonds. The Bertz CT molecular complexity index is 684. The maximum Gasteiger partial charge on any atom is 0.321 e. The molecule has 3 rings (SSSR count). The van der Waals surface area contributed by atoms with E-state index in [0.29, 0.717) is 18.3 Å². The smallest absolute Gasteiger partial charge is 0.321 e. The molecule has 0 fully saturated rings. The molecule has 0 unspecified atom stereocenters. The monoisotopic (exact) mass is 331 g/mol. The van der Waals surface area contributed by atoms with E-state index in [2.05, 4.69) is 33.8 Å². The Kier molecular flexibility index (Phi) is 5.25. The van der Waals surface area contributed by atoms with Gasteiger partial charge in [0.1, 0.15) is 0 Å². The molecule has 1 aromatic carbocycles. The van der Waals surface area contributed by atoms with E-state index in [4.69, 9.17) is 4.74 Å². The minimum absolute atomic E-state index is 0.256. The molecule has 1 aliphatic rings. The number of ether oxygens (including phenoxy) is 1. The average Bonchev–Trinajstić information content (AvgIpc) is 3.03. The Morgan fingerprint density at radius 3 is 2.96 bits per heavy atom. The van der Waals surface area contributed by atoms with Gasteiger partial charge < -0.3 is 10.1 Å². The van der Waals surface area contributed by atoms with E-state index >= 15 is 0 Å². The van der Waals surface area contributed by atoms with Gasteiger partial charge in [-0.25, -0.2) is 9.78 Å². The van der Waals surface area contributed by atoms with Crippen molar-refractivity contribution >= 4 is 22.5 Å². The van der Waals surface area contributed by atoms with Gasteiger partial charge in [-0.1, -0.05) is 12.1 Å². The number of methoxy groups -OCH3 is 1. The van der Waals surface area contributed by atoms with Crippen LogP contribution in [0.1, 0.15) is 24.0 Å². The Balaban J connectivity index is 1.66. The van der Waals surface area contributed by atoms with Gasteiger partial charge in [-0.3, -0.25) is 5.32 Å². The predicted molar refractivity (Wildman–Crippen MR) is 93.1 cm³/mol. The minimum Gasteiger partial charge on any atom is -0.383 e. The second-order valence-electron chi connectivity index (χ2n) is 5.60. The fraction of sp³-hybridized carbons (Fsp3) is 0.412. The van der Waals surface area contributed by atoms with Gasteiger partial charge in [0.15, 0.2) is 5.13 Å². The molecular weight excluding hydrogens is 310 g/mol.